The molecule has 0 amide bonds. The molecule has 3 aromatic carbocycles. The summed E-state index contributed by atoms with van der Waals surface area (Å²) in [6, 6.07) is 13.3. The Morgan fingerprint density at radius 1 is 1.00 bits per heavy atom. The zero-order valence-corrected chi connectivity index (χ0v) is 17.0. The van der Waals surface area contributed by atoms with E-state index in [1.807, 2.05) is 4.57 Å². The van der Waals surface area contributed by atoms with Gasteiger partial charge in [0, 0.05) is 0 Å². The molecule has 0 spiro atoms. The molecule has 148 valence electrons. The van der Waals surface area contributed by atoms with Crippen LogP contribution >= 0.6 is 0 Å². The molecule has 0 bridgehead atoms. The molecule has 0 radical (unpaired) electrons. The van der Waals surface area contributed by atoms with Gasteiger partial charge in [-0.1, -0.05) is 36.4 Å². The monoisotopic (exact) mass is 393 g/mol. The molecule has 0 fully saturated rings. The number of imidazole rings is 1. The molecule has 0 saturated carbocycles. The van der Waals surface area contributed by atoms with Gasteiger partial charge in [-0.25, -0.2) is 9.97 Å². The first-order chi connectivity index (χ1) is 14.7. The summed E-state index contributed by atoms with van der Waals surface area (Å²) in [5.74, 6) is 0. The van der Waals surface area contributed by atoms with E-state index in [1.54, 1.807) is 12.7 Å². The van der Waals surface area contributed by atoms with Gasteiger partial charge in [-0.3, -0.25) is 5.41 Å². The maximum Gasteiger partial charge on any atom is 0.182 e. The summed E-state index contributed by atoms with van der Waals surface area (Å²) in [6.07, 6.45) is 8.22. The van der Waals surface area contributed by atoms with Crippen LogP contribution in [0.15, 0.2) is 49.1 Å². The largest absolute Gasteiger partial charge is 0.340 e. The maximum absolute atomic E-state index is 8.67. The highest BCUT2D eigenvalue weighted by molar-refractivity contribution is 6.07. The molecule has 2 aromatic heterocycles. The highest BCUT2D eigenvalue weighted by Gasteiger charge is 2.19. The number of hydrogen-bond donors (Lipinski definition) is 2. The normalized spacial score (nSPS) is 13.9. The van der Waals surface area contributed by atoms with E-state index in [4.69, 9.17) is 5.41 Å². The fraction of sp³-hybridized carbons (Fsp3) is 0.240. The Morgan fingerprint density at radius 2 is 1.83 bits per heavy atom. The van der Waals surface area contributed by atoms with Crippen LogP contribution in [0.25, 0.3) is 32.7 Å². The lowest BCUT2D eigenvalue weighted by Gasteiger charge is -2.23. The summed E-state index contributed by atoms with van der Waals surface area (Å²) in [5, 5.41) is 14.0. The van der Waals surface area contributed by atoms with E-state index in [2.05, 4.69) is 58.3 Å². The SMILES string of the molecule is Cc1c2ccccc2c(Cn2cnc3nc[nH]c3c2=N)c2ccc3c(c12)CCCC3. The fourth-order valence-electron chi connectivity index (χ4n) is 5.21. The first kappa shape index (κ1) is 17.4. The number of benzene rings is 3. The van der Waals surface area contributed by atoms with Crippen LogP contribution < -0.4 is 5.49 Å². The number of aromatic nitrogens is 4. The third-order valence-corrected chi connectivity index (χ3v) is 6.68. The zero-order valence-electron chi connectivity index (χ0n) is 17.0. The van der Waals surface area contributed by atoms with Crippen LogP contribution in [0, 0.1) is 12.3 Å². The van der Waals surface area contributed by atoms with Crippen LogP contribution in [0.2, 0.25) is 0 Å². The number of nitrogens with one attached hydrogen (secondary N) is 2. The van der Waals surface area contributed by atoms with Crippen LogP contribution in [0.3, 0.4) is 0 Å². The van der Waals surface area contributed by atoms with Crippen molar-refractivity contribution in [3.05, 3.63) is 76.8 Å². The quantitative estimate of drug-likeness (QED) is 0.424. The van der Waals surface area contributed by atoms with Gasteiger partial charge < -0.3 is 9.55 Å². The Morgan fingerprint density at radius 3 is 2.73 bits per heavy atom. The first-order valence-corrected chi connectivity index (χ1v) is 10.6. The smallest absolute Gasteiger partial charge is 0.182 e. The number of nitrogens with zero attached hydrogens (tertiary/aromatic N) is 3. The minimum Gasteiger partial charge on any atom is -0.340 e. The van der Waals surface area contributed by atoms with Crippen molar-refractivity contribution in [3.8, 4) is 0 Å². The number of hydrogen-bond acceptors (Lipinski definition) is 3. The number of aryl methyl sites for hydroxylation is 3. The minimum absolute atomic E-state index is 0.410. The molecule has 5 nitrogen and oxygen atoms in total. The number of fused-ring (bicyclic) bond motifs is 5. The highest BCUT2D eigenvalue weighted by Crippen LogP contribution is 2.38. The van der Waals surface area contributed by atoms with Crippen molar-refractivity contribution in [3.63, 3.8) is 0 Å². The molecule has 0 unspecified atom stereocenters. The molecule has 0 atom stereocenters. The maximum atomic E-state index is 8.67. The molecule has 6 rings (SSSR count). The summed E-state index contributed by atoms with van der Waals surface area (Å²) in [5.41, 5.74) is 7.35. The number of H-pyrrole nitrogens is 1. The van der Waals surface area contributed by atoms with Crippen molar-refractivity contribution in [2.45, 2.75) is 39.2 Å². The predicted molar refractivity (Wildman–Crippen MR) is 120 cm³/mol. The lowest BCUT2D eigenvalue weighted by molar-refractivity contribution is 0.689. The van der Waals surface area contributed by atoms with Gasteiger partial charge in [0.25, 0.3) is 0 Å². The Bertz CT molecular complexity index is 1510. The van der Waals surface area contributed by atoms with E-state index in [1.165, 1.54) is 63.1 Å². The summed E-state index contributed by atoms with van der Waals surface area (Å²) in [7, 11) is 0. The van der Waals surface area contributed by atoms with E-state index in [-0.39, 0.29) is 0 Å². The molecular weight excluding hydrogens is 370 g/mol. The molecule has 1 aliphatic carbocycles. The average molecular weight is 393 g/mol. The standard InChI is InChI=1S/C25H23N5/c1-15-17-7-4-5-9-19(17)21(12-30-14-29-25-23(24(30)26)27-13-28-25)20-11-10-16-6-2-3-8-18(16)22(15)20/h4-5,7,9-11,13-14,26H,2-3,6,8,12H2,1H3,(H,27,28). The molecule has 5 aromatic rings. The van der Waals surface area contributed by atoms with E-state index in [0.29, 0.717) is 23.2 Å². The van der Waals surface area contributed by atoms with E-state index < -0.39 is 0 Å². The van der Waals surface area contributed by atoms with Crippen molar-refractivity contribution in [2.75, 3.05) is 0 Å². The second-order valence-electron chi connectivity index (χ2n) is 8.30. The van der Waals surface area contributed by atoms with Gasteiger partial charge >= 0.3 is 0 Å². The summed E-state index contributed by atoms with van der Waals surface area (Å²) in [6.45, 7) is 2.88. The van der Waals surface area contributed by atoms with Crippen molar-refractivity contribution in [1.29, 1.82) is 5.41 Å². The average Bonchev–Trinajstić information content (AvgIpc) is 3.27. The Balaban J connectivity index is 1.68. The summed E-state index contributed by atoms with van der Waals surface area (Å²) >= 11 is 0. The van der Waals surface area contributed by atoms with Gasteiger partial charge in [0.1, 0.15) is 5.52 Å². The van der Waals surface area contributed by atoms with Crippen LogP contribution in [-0.4, -0.2) is 19.5 Å². The van der Waals surface area contributed by atoms with Gasteiger partial charge in [-0.2, -0.15) is 0 Å². The molecule has 1 aliphatic rings. The lowest BCUT2D eigenvalue weighted by atomic mass is 9.83. The Hall–Kier alpha value is -3.47. The van der Waals surface area contributed by atoms with Gasteiger partial charge in [0.2, 0.25) is 0 Å². The summed E-state index contributed by atoms with van der Waals surface area (Å²) < 4.78 is 1.91. The molecule has 5 heteroatoms. The van der Waals surface area contributed by atoms with Gasteiger partial charge in [0.05, 0.1) is 19.2 Å². The second kappa shape index (κ2) is 6.52. The molecule has 2 N–H and O–H groups in total. The van der Waals surface area contributed by atoms with Gasteiger partial charge in [-0.05, 0) is 76.4 Å². The number of aromatic amines is 1. The minimum atomic E-state index is 0.410. The van der Waals surface area contributed by atoms with Crippen LogP contribution in [0.4, 0.5) is 0 Å². The zero-order chi connectivity index (χ0) is 20.2. The molecule has 0 aliphatic heterocycles. The first-order valence-electron chi connectivity index (χ1n) is 10.6. The fourth-order valence-corrected chi connectivity index (χ4v) is 5.21. The molecular formula is C25H23N5. The topological polar surface area (TPSA) is 70.3 Å². The lowest BCUT2D eigenvalue weighted by Crippen LogP contribution is -2.22. The molecule has 30 heavy (non-hydrogen) atoms. The van der Waals surface area contributed by atoms with Crippen molar-refractivity contribution in [1.82, 2.24) is 19.5 Å². The highest BCUT2D eigenvalue weighted by atomic mass is 15.1. The number of rotatable bonds is 2. The van der Waals surface area contributed by atoms with Crippen molar-refractivity contribution < 1.29 is 0 Å². The third-order valence-electron chi connectivity index (χ3n) is 6.68. The Kier molecular flexibility index (Phi) is 3.78. The third kappa shape index (κ3) is 2.45. The summed E-state index contributed by atoms with van der Waals surface area (Å²) in [4.78, 5) is 11.7. The van der Waals surface area contributed by atoms with E-state index >= 15 is 0 Å². The second-order valence-corrected chi connectivity index (χ2v) is 8.30. The van der Waals surface area contributed by atoms with Gasteiger partial charge in [0.15, 0.2) is 11.1 Å². The molecule has 0 saturated heterocycles. The predicted octanol–water partition coefficient (Wildman–Crippen LogP) is 4.78. The van der Waals surface area contributed by atoms with Gasteiger partial charge in [-0.15, -0.1) is 0 Å². The van der Waals surface area contributed by atoms with Crippen LogP contribution in [-0.2, 0) is 19.4 Å². The molecule has 2 heterocycles. The van der Waals surface area contributed by atoms with Crippen LogP contribution in [0.5, 0.6) is 0 Å². The Labute approximate surface area is 173 Å². The van der Waals surface area contributed by atoms with E-state index in [9.17, 15) is 0 Å². The van der Waals surface area contributed by atoms with E-state index in [0.717, 1.165) is 6.42 Å². The van der Waals surface area contributed by atoms with Crippen molar-refractivity contribution in [2.24, 2.45) is 0 Å². The van der Waals surface area contributed by atoms with Crippen LogP contribution in [0.1, 0.15) is 35.1 Å². The van der Waals surface area contributed by atoms with Crippen molar-refractivity contribution >= 4 is 32.7 Å².